The van der Waals surface area contributed by atoms with Crippen molar-refractivity contribution in [1.29, 1.82) is 0 Å². The number of hydrogen-bond donors (Lipinski definition) is 1. The Hall–Kier alpha value is -1.68. The molecule has 4 heteroatoms. The highest BCUT2D eigenvalue weighted by atomic mass is 16.4. The molecule has 1 aromatic heterocycles. The molecule has 1 heterocycles. The van der Waals surface area contributed by atoms with Crippen molar-refractivity contribution in [1.82, 2.24) is 15.5 Å². The van der Waals surface area contributed by atoms with E-state index in [9.17, 15) is 0 Å². The van der Waals surface area contributed by atoms with Gasteiger partial charge in [-0.3, -0.25) is 0 Å². The fourth-order valence-corrected chi connectivity index (χ4v) is 1.46. The van der Waals surface area contributed by atoms with E-state index in [1.54, 1.807) is 0 Å². The molecule has 0 aliphatic carbocycles. The molecule has 0 saturated heterocycles. The summed E-state index contributed by atoms with van der Waals surface area (Å²) in [5.74, 6) is 1.29. The molecule has 2 rings (SSSR count). The topological polar surface area (TPSA) is 51.0 Å². The number of nitrogens with zero attached hydrogens (tertiary/aromatic N) is 2. The monoisotopic (exact) mass is 217 g/mol. The van der Waals surface area contributed by atoms with E-state index in [4.69, 9.17) is 4.42 Å². The summed E-state index contributed by atoms with van der Waals surface area (Å²) in [6.45, 7) is 2.68. The molecular formula is C12H15N3O. The van der Waals surface area contributed by atoms with Crippen molar-refractivity contribution in [2.45, 2.75) is 19.9 Å². The van der Waals surface area contributed by atoms with Crippen LogP contribution in [0.2, 0.25) is 0 Å². The third-order valence-corrected chi connectivity index (χ3v) is 2.31. The number of aromatic nitrogens is 2. The van der Waals surface area contributed by atoms with Gasteiger partial charge in [0, 0.05) is 0 Å². The van der Waals surface area contributed by atoms with E-state index in [2.05, 4.69) is 46.7 Å². The SMILES string of the molecule is CNCc1nnc(Cc2ccc(C)cc2)o1. The van der Waals surface area contributed by atoms with Crippen LogP contribution in [0.15, 0.2) is 28.7 Å². The Morgan fingerprint density at radius 2 is 1.81 bits per heavy atom. The van der Waals surface area contributed by atoms with Crippen LogP contribution in [0.1, 0.15) is 22.9 Å². The average molecular weight is 217 g/mol. The molecule has 0 radical (unpaired) electrons. The highest BCUT2D eigenvalue weighted by molar-refractivity contribution is 5.23. The summed E-state index contributed by atoms with van der Waals surface area (Å²) in [7, 11) is 1.85. The van der Waals surface area contributed by atoms with Crippen LogP contribution in [0, 0.1) is 6.92 Å². The second kappa shape index (κ2) is 4.90. The van der Waals surface area contributed by atoms with Gasteiger partial charge < -0.3 is 9.73 Å². The van der Waals surface area contributed by atoms with Crippen molar-refractivity contribution >= 4 is 0 Å². The van der Waals surface area contributed by atoms with E-state index in [0.717, 1.165) is 0 Å². The van der Waals surface area contributed by atoms with Gasteiger partial charge >= 0.3 is 0 Å². The van der Waals surface area contributed by atoms with E-state index < -0.39 is 0 Å². The number of rotatable bonds is 4. The summed E-state index contributed by atoms with van der Waals surface area (Å²) in [6.07, 6.45) is 0.691. The molecule has 0 atom stereocenters. The highest BCUT2D eigenvalue weighted by Gasteiger charge is 2.05. The lowest BCUT2D eigenvalue weighted by molar-refractivity contribution is 0.447. The van der Waals surface area contributed by atoms with Gasteiger partial charge in [-0.15, -0.1) is 10.2 Å². The molecule has 1 aromatic carbocycles. The van der Waals surface area contributed by atoms with Crippen molar-refractivity contribution in [3.8, 4) is 0 Å². The van der Waals surface area contributed by atoms with E-state index >= 15 is 0 Å². The van der Waals surface area contributed by atoms with Gasteiger partial charge in [0.2, 0.25) is 11.8 Å². The van der Waals surface area contributed by atoms with E-state index in [0.29, 0.717) is 24.7 Å². The smallest absolute Gasteiger partial charge is 0.230 e. The van der Waals surface area contributed by atoms with Crippen LogP contribution in [-0.4, -0.2) is 17.2 Å². The van der Waals surface area contributed by atoms with Gasteiger partial charge in [0.05, 0.1) is 13.0 Å². The summed E-state index contributed by atoms with van der Waals surface area (Å²) in [4.78, 5) is 0. The molecule has 84 valence electrons. The Morgan fingerprint density at radius 1 is 1.12 bits per heavy atom. The second-order valence-electron chi connectivity index (χ2n) is 3.78. The van der Waals surface area contributed by atoms with Crippen LogP contribution in [-0.2, 0) is 13.0 Å². The fraction of sp³-hybridized carbons (Fsp3) is 0.333. The van der Waals surface area contributed by atoms with Gasteiger partial charge in [0.1, 0.15) is 0 Å². The van der Waals surface area contributed by atoms with Crippen LogP contribution < -0.4 is 5.32 Å². The Kier molecular flexibility index (Phi) is 3.31. The van der Waals surface area contributed by atoms with Crippen molar-refractivity contribution in [3.63, 3.8) is 0 Å². The second-order valence-corrected chi connectivity index (χ2v) is 3.78. The molecule has 16 heavy (non-hydrogen) atoms. The molecule has 0 aliphatic rings. The van der Waals surface area contributed by atoms with Gasteiger partial charge in [0.15, 0.2) is 0 Å². The molecule has 0 amide bonds. The molecule has 0 spiro atoms. The van der Waals surface area contributed by atoms with Crippen LogP contribution in [0.3, 0.4) is 0 Å². The third-order valence-electron chi connectivity index (χ3n) is 2.31. The molecule has 0 bridgehead atoms. The molecule has 0 fully saturated rings. The first-order valence-corrected chi connectivity index (χ1v) is 5.29. The van der Waals surface area contributed by atoms with Crippen LogP contribution in [0.25, 0.3) is 0 Å². The third kappa shape index (κ3) is 2.67. The molecule has 1 N–H and O–H groups in total. The first kappa shape index (κ1) is 10.8. The number of benzene rings is 1. The Bertz CT molecular complexity index is 448. The van der Waals surface area contributed by atoms with Crippen molar-refractivity contribution in [3.05, 3.63) is 47.2 Å². The van der Waals surface area contributed by atoms with E-state index in [-0.39, 0.29) is 0 Å². The lowest BCUT2D eigenvalue weighted by Crippen LogP contribution is -2.04. The number of hydrogen-bond acceptors (Lipinski definition) is 4. The largest absolute Gasteiger partial charge is 0.424 e. The summed E-state index contributed by atoms with van der Waals surface area (Å²) < 4.78 is 5.47. The molecule has 0 unspecified atom stereocenters. The zero-order chi connectivity index (χ0) is 11.4. The zero-order valence-electron chi connectivity index (χ0n) is 9.53. The lowest BCUT2D eigenvalue weighted by Gasteiger charge is -1.97. The normalized spacial score (nSPS) is 10.6. The van der Waals surface area contributed by atoms with Crippen molar-refractivity contribution in [2.24, 2.45) is 0 Å². The Morgan fingerprint density at radius 3 is 2.50 bits per heavy atom. The predicted molar refractivity (Wildman–Crippen MR) is 61.0 cm³/mol. The maximum Gasteiger partial charge on any atom is 0.230 e. The summed E-state index contributed by atoms with van der Waals surface area (Å²) >= 11 is 0. The average Bonchev–Trinajstić information content (AvgIpc) is 2.70. The van der Waals surface area contributed by atoms with Gasteiger partial charge in [-0.1, -0.05) is 29.8 Å². The Balaban J connectivity index is 2.05. The van der Waals surface area contributed by atoms with Gasteiger partial charge in [-0.05, 0) is 19.5 Å². The van der Waals surface area contributed by atoms with Crippen LogP contribution in [0.4, 0.5) is 0 Å². The zero-order valence-corrected chi connectivity index (χ0v) is 9.53. The van der Waals surface area contributed by atoms with Gasteiger partial charge in [0.25, 0.3) is 0 Å². The first-order valence-electron chi connectivity index (χ1n) is 5.29. The number of nitrogens with one attached hydrogen (secondary N) is 1. The molecular weight excluding hydrogens is 202 g/mol. The first-order chi connectivity index (χ1) is 7.78. The van der Waals surface area contributed by atoms with Gasteiger partial charge in [-0.2, -0.15) is 0 Å². The molecule has 2 aromatic rings. The quantitative estimate of drug-likeness (QED) is 0.846. The van der Waals surface area contributed by atoms with Crippen LogP contribution in [0.5, 0.6) is 0 Å². The predicted octanol–water partition coefficient (Wildman–Crippen LogP) is 1.69. The standard InChI is InChI=1S/C12H15N3O/c1-9-3-5-10(6-4-9)7-11-14-15-12(16-11)8-13-2/h3-6,13H,7-8H2,1-2H3. The lowest BCUT2D eigenvalue weighted by atomic mass is 10.1. The van der Waals surface area contributed by atoms with E-state index in [1.165, 1.54) is 11.1 Å². The molecule has 0 saturated carbocycles. The highest BCUT2D eigenvalue weighted by Crippen LogP contribution is 2.09. The summed E-state index contributed by atoms with van der Waals surface area (Å²) in [6, 6.07) is 8.33. The maximum absolute atomic E-state index is 5.47. The van der Waals surface area contributed by atoms with Crippen molar-refractivity contribution in [2.75, 3.05) is 7.05 Å². The number of aryl methyl sites for hydroxylation is 1. The fourth-order valence-electron chi connectivity index (χ4n) is 1.46. The van der Waals surface area contributed by atoms with Crippen molar-refractivity contribution < 1.29 is 4.42 Å². The molecule has 0 aliphatic heterocycles. The summed E-state index contributed by atoms with van der Waals surface area (Å²) in [5.41, 5.74) is 2.44. The minimum atomic E-state index is 0.612. The van der Waals surface area contributed by atoms with Crippen LogP contribution >= 0.6 is 0 Å². The maximum atomic E-state index is 5.47. The summed E-state index contributed by atoms with van der Waals surface area (Å²) in [5, 5.41) is 10.9. The minimum absolute atomic E-state index is 0.612. The van der Waals surface area contributed by atoms with E-state index in [1.807, 2.05) is 7.05 Å². The minimum Gasteiger partial charge on any atom is -0.424 e. The Labute approximate surface area is 94.7 Å². The van der Waals surface area contributed by atoms with Gasteiger partial charge in [-0.25, -0.2) is 0 Å². The molecule has 4 nitrogen and oxygen atoms in total.